The second-order valence-electron chi connectivity index (χ2n) is 4.97. The molecule has 6 heteroatoms. The lowest BCUT2D eigenvalue weighted by atomic mass is 10.1. The topological polar surface area (TPSA) is 80.2 Å². The largest absolute Gasteiger partial charge is 0.508 e. The zero-order chi connectivity index (χ0) is 17.5. The van der Waals surface area contributed by atoms with E-state index in [-0.39, 0.29) is 11.7 Å². The quantitative estimate of drug-likeness (QED) is 0.631. The average Bonchev–Trinajstić information content (AvgIpc) is 2.62. The Labute approximate surface area is 140 Å². The molecule has 0 spiro atoms. The van der Waals surface area contributed by atoms with Gasteiger partial charge < -0.3 is 14.6 Å². The first-order valence-corrected chi connectivity index (χ1v) is 7.47. The van der Waals surface area contributed by atoms with E-state index in [1.807, 2.05) is 6.92 Å². The van der Waals surface area contributed by atoms with Crippen LogP contribution in [0.1, 0.15) is 29.3 Å². The molecular formula is C18H20N2O4. The Kier molecular flexibility index (Phi) is 5.78. The number of hydrogen-bond donors (Lipinski definition) is 2. The lowest BCUT2D eigenvalue weighted by Crippen LogP contribution is -2.20. The maximum atomic E-state index is 12.3. The lowest BCUT2D eigenvalue weighted by Gasteiger charge is -2.09. The highest BCUT2D eigenvalue weighted by Gasteiger charge is 2.11. The summed E-state index contributed by atoms with van der Waals surface area (Å²) in [4.78, 5) is 12.3. The van der Waals surface area contributed by atoms with E-state index in [9.17, 15) is 9.90 Å². The summed E-state index contributed by atoms with van der Waals surface area (Å²) in [6.07, 6.45) is 0.636. The number of nitrogens with one attached hydrogen (secondary N) is 1. The van der Waals surface area contributed by atoms with Crippen LogP contribution in [0, 0.1) is 0 Å². The summed E-state index contributed by atoms with van der Waals surface area (Å²) in [5, 5.41) is 13.5. The van der Waals surface area contributed by atoms with Gasteiger partial charge in [-0.1, -0.05) is 6.92 Å². The SMILES string of the molecule is CCC(=NNC(=O)c1ccc(OC)c(OC)c1)c1ccc(O)cc1. The van der Waals surface area contributed by atoms with Crippen LogP contribution in [0.4, 0.5) is 0 Å². The highest BCUT2D eigenvalue weighted by atomic mass is 16.5. The number of aromatic hydroxyl groups is 1. The smallest absolute Gasteiger partial charge is 0.271 e. The van der Waals surface area contributed by atoms with Crippen LogP contribution in [0.3, 0.4) is 0 Å². The number of ether oxygens (including phenoxy) is 2. The zero-order valence-electron chi connectivity index (χ0n) is 13.9. The van der Waals surface area contributed by atoms with E-state index >= 15 is 0 Å². The van der Waals surface area contributed by atoms with Crippen LogP contribution in [0.15, 0.2) is 47.6 Å². The van der Waals surface area contributed by atoms with Gasteiger partial charge in [0, 0.05) is 5.56 Å². The predicted molar refractivity (Wildman–Crippen MR) is 91.9 cm³/mol. The third-order valence-corrected chi connectivity index (χ3v) is 3.47. The minimum Gasteiger partial charge on any atom is -0.508 e. The molecule has 0 aliphatic rings. The molecule has 0 unspecified atom stereocenters. The molecule has 0 saturated carbocycles. The minimum atomic E-state index is -0.347. The van der Waals surface area contributed by atoms with Crippen molar-refractivity contribution >= 4 is 11.6 Å². The summed E-state index contributed by atoms with van der Waals surface area (Å²) in [6, 6.07) is 11.6. The molecule has 126 valence electrons. The Bertz CT molecular complexity index is 739. The van der Waals surface area contributed by atoms with Crippen molar-refractivity contribution in [3.8, 4) is 17.2 Å². The van der Waals surface area contributed by atoms with Gasteiger partial charge in [0.05, 0.1) is 19.9 Å². The van der Waals surface area contributed by atoms with Crippen LogP contribution in [-0.2, 0) is 0 Å². The van der Waals surface area contributed by atoms with Crippen molar-refractivity contribution in [3.05, 3.63) is 53.6 Å². The molecule has 1 amide bonds. The number of phenols is 1. The molecule has 2 aromatic carbocycles. The van der Waals surface area contributed by atoms with Gasteiger partial charge in [0.15, 0.2) is 11.5 Å². The first-order valence-electron chi connectivity index (χ1n) is 7.47. The molecule has 6 nitrogen and oxygen atoms in total. The van der Waals surface area contributed by atoms with Gasteiger partial charge in [-0.05, 0) is 54.4 Å². The van der Waals surface area contributed by atoms with Crippen LogP contribution in [-0.4, -0.2) is 30.9 Å². The Morgan fingerprint density at radius 2 is 1.67 bits per heavy atom. The maximum Gasteiger partial charge on any atom is 0.271 e. The molecule has 0 heterocycles. The summed E-state index contributed by atoms with van der Waals surface area (Å²) in [5.74, 6) is 0.864. The number of amides is 1. The van der Waals surface area contributed by atoms with Crippen molar-refractivity contribution in [1.29, 1.82) is 0 Å². The first-order chi connectivity index (χ1) is 11.6. The Balaban J connectivity index is 2.17. The van der Waals surface area contributed by atoms with Gasteiger partial charge in [0.1, 0.15) is 5.75 Å². The number of nitrogens with zero attached hydrogens (tertiary/aromatic N) is 1. The van der Waals surface area contributed by atoms with Gasteiger partial charge in [-0.3, -0.25) is 4.79 Å². The van der Waals surface area contributed by atoms with E-state index in [4.69, 9.17) is 9.47 Å². The molecule has 0 radical (unpaired) electrons. The summed E-state index contributed by atoms with van der Waals surface area (Å²) < 4.78 is 10.3. The van der Waals surface area contributed by atoms with Gasteiger partial charge in [0.2, 0.25) is 0 Å². The Morgan fingerprint density at radius 1 is 1.04 bits per heavy atom. The van der Waals surface area contributed by atoms with Gasteiger partial charge in [-0.15, -0.1) is 0 Å². The lowest BCUT2D eigenvalue weighted by molar-refractivity contribution is 0.0954. The molecule has 0 aliphatic heterocycles. The van der Waals surface area contributed by atoms with E-state index in [1.165, 1.54) is 14.2 Å². The molecular weight excluding hydrogens is 308 g/mol. The fourth-order valence-corrected chi connectivity index (χ4v) is 2.16. The Morgan fingerprint density at radius 3 is 2.25 bits per heavy atom. The number of benzene rings is 2. The number of carbonyl (C=O) groups is 1. The van der Waals surface area contributed by atoms with Crippen molar-refractivity contribution in [2.75, 3.05) is 14.2 Å². The number of methoxy groups -OCH3 is 2. The number of carbonyl (C=O) groups excluding carboxylic acids is 1. The molecule has 2 rings (SSSR count). The van der Waals surface area contributed by atoms with Crippen molar-refractivity contribution in [1.82, 2.24) is 5.43 Å². The summed E-state index contributed by atoms with van der Waals surface area (Å²) in [6.45, 7) is 1.94. The second-order valence-corrected chi connectivity index (χ2v) is 4.97. The molecule has 0 fully saturated rings. The van der Waals surface area contributed by atoms with Crippen LogP contribution in [0.5, 0.6) is 17.2 Å². The summed E-state index contributed by atoms with van der Waals surface area (Å²) >= 11 is 0. The molecule has 0 aliphatic carbocycles. The number of rotatable bonds is 6. The van der Waals surface area contributed by atoms with Crippen molar-refractivity contribution < 1.29 is 19.4 Å². The van der Waals surface area contributed by atoms with Crippen LogP contribution in [0.2, 0.25) is 0 Å². The fraction of sp³-hybridized carbons (Fsp3) is 0.222. The Hall–Kier alpha value is -3.02. The number of phenolic OH excluding ortho intramolecular Hbond substituents is 1. The molecule has 2 aromatic rings. The molecule has 24 heavy (non-hydrogen) atoms. The van der Waals surface area contributed by atoms with Crippen LogP contribution < -0.4 is 14.9 Å². The standard InChI is InChI=1S/C18H20N2O4/c1-4-15(12-5-8-14(21)9-6-12)19-20-18(22)13-7-10-16(23-2)17(11-13)24-3/h5-11,21H,4H2,1-3H3,(H,20,22). The van der Waals surface area contributed by atoms with Crippen LogP contribution in [0.25, 0.3) is 0 Å². The van der Waals surface area contributed by atoms with Crippen molar-refractivity contribution in [3.63, 3.8) is 0 Å². The third-order valence-electron chi connectivity index (χ3n) is 3.47. The van der Waals surface area contributed by atoms with Crippen LogP contribution >= 0.6 is 0 Å². The van der Waals surface area contributed by atoms with E-state index in [0.717, 1.165) is 5.56 Å². The van der Waals surface area contributed by atoms with Crippen molar-refractivity contribution in [2.45, 2.75) is 13.3 Å². The normalized spacial score (nSPS) is 11.0. The average molecular weight is 328 g/mol. The van der Waals surface area contributed by atoms with Gasteiger partial charge in [0.25, 0.3) is 5.91 Å². The van der Waals surface area contributed by atoms with E-state index in [0.29, 0.717) is 29.2 Å². The highest BCUT2D eigenvalue weighted by Crippen LogP contribution is 2.27. The first kappa shape index (κ1) is 17.3. The zero-order valence-corrected chi connectivity index (χ0v) is 13.9. The molecule has 0 saturated heterocycles. The summed E-state index contributed by atoms with van der Waals surface area (Å²) in [5.41, 5.74) is 4.50. The molecule has 0 bridgehead atoms. The van der Waals surface area contributed by atoms with E-state index in [1.54, 1.807) is 42.5 Å². The molecule has 0 atom stereocenters. The van der Waals surface area contributed by atoms with E-state index in [2.05, 4.69) is 10.5 Å². The van der Waals surface area contributed by atoms with Gasteiger partial charge in [-0.2, -0.15) is 5.10 Å². The number of hydrogen-bond acceptors (Lipinski definition) is 5. The predicted octanol–water partition coefficient (Wildman–Crippen LogP) is 2.95. The third kappa shape index (κ3) is 4.04. The van der Waals surface area contributed by atoms with Crippen molar-refractivity contribution in [2.24, 2.45) is 5.10 Å². The monoisotopic (exact) mass is 328 g/mol. The fourth-order valence-electron chi connectivity index (χ4n) is 2.16. The summed E-state index contributed by atoms with van der Waals surface area (Å²) in [7, 11) is 3.05. The van der Waals surface area contributed by atoms with E-state index < -0.39 is 0 Å². The molecule has 0 aromatic heterocycles. The number of hydrazone groups is 1. The second kappa shape index (κ2) is 8.01. The molecule has 2 N–H and O–H groups in total. The maximum absolute atomic E-state index is 12.3. The highest BCUT2D eigenvalue weighted by molar-refractivity contribution is 6.02. The van der Waals surface area contributed by atoms with Gasteiger partial charge >= 0.3 is 0 Å². The minimum absolute atomic E-state index is 0.184. The van der Waals surface area contributed by atoms with Gasteiger partial charge in [-0.25, -0.2) is 5.43 Å².